The quantitative estimate of drug-likeness (QED) is 0.696. The number of carbonyl (C=O) groups excluding carboxylic acids is 2. The van der Waals surface area contributed by atoms with Crippen LogP contribution in [-0.4, -0.2) is 24.2 Å². The molecule has 0 bridgehead atoms. The van der Waals surface area contributed by atoms with Gasteiger partial charge in [-0.15, -0.1) is 0 Å². The first kappa shape index (κ1) is 16.2. The lowest BCUT2D eigenvalue weighted by atomic mass is 10.2. The van der Waals surface area contributed by atoms with Gasteiger partial charge in [-0.25, -0.2) is 4.79 Å². The molecule has 0 unspecified atom stereocenters. The average molecular weight is 231 g/mol. The Bertz CT molecular complexity index is 297. The number of carbonyl (C=O) groups is 2. The van der Waals surface area contributed by atoms with Crippen molar-refractivity contribution in [1.82, 2.24) is 4.37 Å². The highest BCUT2D eigenvalue weighted by molar-refractivity contribution is 7.08. The van der Waals surface area contributed by atoms with Crippen molar-refractivity contribution in [3.05, 3.63) is 16.1 Å². The Hall–Kier alpha value is -1.23. The van der Waals surface area contributed by atoms with Gasteiger partial charge in [0.15, 0.2) is 0 Å². The summed E-state index contributed by atoms with van der Waals surface area (Å²) in [5.74, 6) is -0.298. The fourth-order valence-corrected chi connectivity index (χ4v) is 1.51. The minimum absolute atomic E-state index is 0.298. The number of ether oxygens (including phenoxy) is 1. The molecule has 0 aliphatic rings. The van der Waals surface area contributed by atoms with Crippen LogP contribution in [0.2, 0.25) is 0 Å². The van der Waals surface area contributed by atoms with E-state index in [4.69, 9.17) is 4.79 Å². The lowest BCUT2D eigenvalue weighted by Crippen LogP contribution is -1.99. The zero-order chi connectivity index (χ0) is 12.4. The SMILES string of the molecule is C=O.CC.COC(=O)c1snc(C)c1C. The number of hydrogen-bond acceptors (Lipinski definition) is 5. The van der Waals surface area contributed by atoms with Crippen molar-refractivity contribution in [2.75, 3.05) is 7.11 Å². The predicted octanol–water partition coefficient (Wildman–Crippen LogP) is 2.39. The van der Waals surface area contributed by atoms with E-state index >= 15 is 0 Å². The van der Waals surface area contributed by atoms with Gasteiger partial charge in [-0.3, -0.25) is 0 Å². The summed E-state index contributed by atoms with van der Waals surface area (Å²) in [6.45, 7) is 9.74. The van der Waals surface area contributed by atoms with Crippen molar-refractivity contribution in [1.29, 1.82) is 0 Å². The summed E-state index contributed by atoms with van der Waals surface area (Å²) in [5, 5.41) is 0. The fourth-order valence-electron chi connectivity index (χ4n) is 0.698. The zero-order valence-electron chi connectivity index (χ0n) is 9.79. The summed E-state index contributed by atoms with van der Waals surface area (Å²) in [6, 6.07) is 0. The number of nitrogens with zero attached hydrogens (tertiary/aromatic N) is 1. The highest BCUT2D eigenvalue weighted by Gasteiger charge is 2.13. The summed E-state index contributed by atoms with van der Waals surface area (Å²) in [4.78, 5) is 19.6. The van der Waals surface area contributed by atoms with Crippen LogP contribution in [0.3, 0.4) is 0 Å². The molecule has 0 amide bonds. The number of aryl methyl sites for hydroxylation is 1. The Morgan fingerprint density at radius 1 is 1.33 bits per heavy atom. The lowest BCUT2D eigenvalue weighted by Gasteiger charge is -1.94. The van der Waals surface area contributed by atoms with Crippen molar-refractivity contribution >= 4 is 24.3 Å². The van der Waals surface area contributed by atoms with Crippen molar-refractivity contribution in [3.63, 3.8) is 0 Å². The summed E-state index contributed by atoms with van der Waals surface area (Å²) < 4.78 is 8.59. The van der Waals surface area contributed by atoms with Crippen molar-refractivity contribution < 1.29 is 14.3 Å². The van der Waals surface area contributed by atoms with Gasteiger partial charge in [-0.2, -0.15) is 4.37 Å². The monoisotopic (exact) mass is 231 g/mol. The Morgan fingerprint density at radius 2 is 1.80 bits per heavy atom. The van der Waals surface area contributed by atoms with Gasteiger partial charge in [-0.05, 0) is 30.9 Å². The highest BCUT2D eigenvalue weighted by atomic mass is 32.1. The molecular formula is C10H17NO3S. The molecular weight excluding hydrogens is 214 g/mol. The lowest BCUT2D eigenvalue weighted by molar-refractivity contribution is -0.0980. The summed E-state index contributed by atoms with van der Waals surface area (Å²) >= 11 is 1.18. The summed E-state index contributed by atoms with van der Waals surface area (Å²) in [6.07, 6.45) is 0. The zero-order valence-corrected chi connectivity index (χ0v) is 10.6. The molecule has 0 aliphatic heterocycles. The molecule has 0 saturated carbocycles. The molecule has 0 atom stereocenters. The van der Waals surface area contributed by atoms with Crippen LogP contribution in [0.25, 0.3) is 0 Å². The average Bonchev–Trinajstić information content (AvgIpc) is 2.64. The van der Waals surface area contributed by atoms with Crippen LogP contribution in [0, 0.1) is 13.8 Å². The van der Waals surface area contributed by atoms with Crippen molar-refractivity contribution in [3.8, 4) is 0 Å². The van der Waals surface area contributed by atoms with E-state index in [1.165, 1.54) is 18.6 Å². The van der Waals surface area contributed by atoms with Gasteiger partial charge < -0.3 is 9.53 Å². The third kappa shape index (κ3) is 4.69. The highest BCUT2D eigenvalue weighted by Crippen LogP contribution is 2.17. The smallest absolute Gasteiger partial charge is 0.349 e. The molecule has 0 N–H and O–H groups in total. The van der Waals surface area contributed by atoms with Gasteiger partial charge in [0.25, 0.3) is 0 Å². The van der Waals surface area contributed by atoms with Gasteiger partial charge in [0, 0.05) is 0 Å². The number of aromatic nitrogens is 1. The molecule has 15 heavy (non-hydrogen) atoms. The first-order valence-electron chi connectivity index (χ1n) is 4.47. The molecule has 1 aromatic heterocycles. The van der Waals surface area contributed by atoms with Crippen LogP contribution in [0.5, 0.6) is 0 Å². The number of hydrogen-bond donors (Lipinski definition) is 0. The van der Waals surface area contributed by atoms with Crippen molar-refractivity contribution in [2.45, 2.75) is 27.7 Å². The van der Waals surface area contributed by atoms with Gasteiger partial charge in [-0.1, -0.05) is 13.8 Å². The maximum atomic E-state index is 11.0. The maximum Gasteiger partial charge on any atom is 0.349 e. The molecule has 0 fully saturated rings. The summed E-state index contributed by atoms with van der Waals surface area (Å²) in [5.41, 5.74) is 1.82. The normalized spacial score (nSPS) is 7.80. The van der Waals surface area contributed by atoms with E-state index in [9.17, 15) is 4.79 Å². The molecule has 86 valence electrons. The molecule has 0 saturated heterocycles. The van der Waals surface area contributed by atoms with Crippen LogP contribution < -0.4 is 0 Å². The van der Waals surface area contributed by atoms with Crippen LogP contribution in [0.15, 0.2) is 0 Å². The standard InChI is InChI=1S/C7H9NO2S.C2H6.CH2O/c1-4-5(2)8-11-6(4)7(9)10-3;2*1-2/h1-3H3;1-2H3;1H2. The van der Waals surface area contributed by atoms with E-state index in [0.717, 1.165) is 11.3 Å². The molecule has 0 aliphatic carbocycles. The van der Waals surface area contributed by atoms with Crippen LogP contribution >= 0.6 is 11.5 Å². The molecule has 1 aromatic rings. The Kier molecular flexibility index (Phi) is 10.1. The van der Waals surface area contributed by atoms with E-state index in [1.807, 2.05) is 34.5 Å². The fraction of sp³-hybridized carbons (Fsp3) is 0.500. The number of rotatable bonds is 1. The third-order valence-electron chi connectivity index (χ3n) is 1.53. The van der Waals surface area contributed by atoms with Gasteiger partial charge in [0.05, 0.1) is 12.8 Å². The van der Waals surface area contributed by atoms with Crippen molar-refractivity contribution in [2.24, 2.45) is 0 Å². The van der Waals surface area contributed by atoms with Crippen LogP contribution in [0.4, 0.5) is 0 Å². The Labute approximate surface area is 94.4 Å². The second-order valence-electron chi connectivity index (χ2n) is 2.21. The molecule has 5 heteroatoms. The van der Waals surface area contributed by atoms with Crippen LogP contribution in [0.1, 0.15) is 34.8 Å². The minimum Gasteiger partial charge on any atom is -0.465 e. The first-order chi connectivity index (χ1) is 7.16. The molecule has 0 spiro atoms. The van der Waals surface area contributed by atoms with Gasteiger partial charge in [0.2, 0.25) is 0 Å². The van der Waals surface area contributed by atoms with Crippen LogP contribution in [-0.2, 0) is 9.53 Å². The van der Waals surface area contributed by atoms with Gasteiger partial charge in [0.1, 0.15) is 11.7 Å². The number of methoxy groups -OCH3 is 1. The second kappa shape index (κ2) is 9.33. The summed E-state index contributed by atoms with van der Waals surface area (Å²) in [7, 11) is 1.37. The third-order valence-corrected chi connectivity index (χ3v) is 2.55. The van der Waals surface area contributed by atoms with E-state index in [1.54, 1.807) is 0 Å². The van der Waals surface area contributed by atoms with Gasteiger partial charge >= 0.3 is 5.97 Å². The largest absolute Gasteiger partial charge is 0.465 e. The Balaban J connectivity index is 0. The first-order valence-corrected chi connectivity index (χ1v) is 5.24. The number of esters is 1. The van der Waals surface area contributed by atoms with E-state index < -0.39 is 0 Å². The molecule has 0 radical (unpaired) electrons. The topological polar surface area (TPSA) is 56.3 Å². The van der Waals surface area contributed by atoms with E-state index in [2.05, 4.69) is 9.11 Å². The van der Waals surface area contributed by atoms with E-state index in [0.29, 0.717) is 4.88 Å². The Morgan fingerprint density at radius 3 is 2.07 bits per heavy atom. The van der Waals surface area contributed by atoms with E-state index in [-0.39, 0.29) is 5.97 Å². The molecule has 4 nitrogen and oxygen atoms in total. The second-order valence-corrected chi connectivity index (χ2v) is 2.99. The predicted molar refractivity (Wildman–Crippen MR) is 61.4 cm³/mol. The molecule has 1 rings (SSSR count). The molecule has 1 heterocycles. The minimum atomic E-state index is -0.298. The molecule has 0 aromatic carbocycles. The maximum absolute atomic E-state index is 11.0.